The van der Waals surface area contributed by atoms with E-state index in [0.29, 0.717) is 0 Å². The number of nitrogens with two attached hydrogens (primary N) is 1. The fraction of sp³-hybridized carbons (Fsp3) is 0.143. The molecule has 0 aromatic heterocycles. The number of nitrogens with one attached hydrogen (secondary N) is 1. The molecule has 0 aliphatic heterocycles. The summed E-state index contributed by atoms with van der Waals surface area (Å²) in [6.45, 7) is 1.99. The molecule has 0 unspecified atom stereocenters. The molecule has 4 heteroatoms. The van der Waals surface area contributed by atoms with Crippen LogP contribution in [0.4, 0.5) is 17.1 Å². The van der Waals surface area contributed by atoms with Gasteiger partial charge >= 0.3 is 0 Å². The third-order valence-corrected chi connectivity index (χ3v) is 3.41. The molecule has 0 saturated carbocycles. The van der Waals surface area contributed by atoms with E-state index < -0.39 is 0 Å². The number of nitrogen functional groups attached to an aromatic ring is 1. The molecule has 94 valence electrons. The highest BCUT2D eigenvalue weighted by Gasteiger charge is 2.03. The highest BCUT2D eigenvalue weighted by Crippen LogP contribution is 2.30. The second kappa shape index (κ2) is 5.31. The standard InChI is InChI=1S/C14H15BrN2O/c1-9-7-10(3-6-13(9)16)17-14-8-11(18-2)4-5-12(14)15/h3-8,17H,16H2,1-2H3. The van der Waals surface area contributed by atoms with Gasteiger partial charge in [-0.2, -0.15) is 0 Å². The third-order valence-electron chi connectivity index (χ3n) is 2.72. The molecule has 0 spiro atoms. The molecule has 0 fully saturated rings. The molecule has 0 heterocycles. The van der Waals surface area contributed by atoms with E-state index in [-0.39, 0.29) is 0 Å². The largest absolute Gasteiger partial charge is 0.497 e. The number of halogens is 1. The summed E-state index contributed by atoms with van der Waals surface area (Å²) in [4.78, 5) is 0. The minimum Gasteiger partial charge on any atom is -0.497 e. The van der Waals surface area contributed by atoms with Gasteiger partial charge in [0.1, 0.15) is 5.75 Å². The summed E-state index contributed by atoms with van der Waals surface area (Å²) in [6.07, 6.45) is 0. The predicted molar refractivity (Wildman–Crippen MR) is 79.6 cm³/mol. The van der Waals surface area contributed by atoms with Crippen molar-refractivity contribution in [2.75, 3.05) is 18.2 Å². The molecule has 18 heavy (non-hydrogen) atoms. The maximum Gasteiger partial charge on any atom is 0.121 e. The van der Waals surface area contributed by atoms with Crippen molar-refractivity contribution in [2.24, 2.45) is 0 Å². The van der Waals surface area contributed by atoms with Crippen molar-refractivity contribution in [1.29, 1.82) is 0 Å². The zero-order valence-electron chi connectivity index (χ0n) is 10.3. The van der Waals surface area contributed by atoms with Gasteiger partial charge in [-0.15, -0.1) is 0 Å². The lowest BCUT2D eigenvalue weighted by Gasteiger charge is -2.11. The lowest BCUT2D eigenvalue weighted by atomic mass is 10.2. The molecule has 0 saturated heterocycles. The van der Waals surface area contributed by atoms with Crippen molar-refractivity contribution in [3.8, 4) is 5.75 Å². The maximum absolute atomic E-state index is 5.80. The average molecular weight is 307 g/mol. The van der Waals surface area contributed by atoms with Crippen molar-refractivity contribution in [2.45, 2.75) is 6.92 Å². The summed E-state index contributed by atoms with van der Waals surface area (Å²) < 4.78 is 6.19. The Morgan fingerprint density at radius 3 is 2.61 bits per heavy atom. The van der Waals surface area contributed by atoms with Crippen molar-refractivity contribution >= 4 is 33.0 Å². The Labute approximate surface area is 115 Å². The van der Waals surface area contributed by atoms with Crippen LogP contribution in [0.25, 0.3) is 0 Å². The van der Waals surface area contributed by atoms with Crippen LogP contribution in [0.2, 0.25) is 0 Å². The van der Waals surface area contributed by atoms with E-state index in [0.717, 1.165) is 32.8 Å². The lowest BCUT2D eigenvalue weighted by molar-refractivity contribution is 0.415. The minimum atomic E-state index is 0.797. The third kappa shape index (κ3) is 2.76. The van der Waals surface area contributed by atoms with Gasteiger partial charge in [-0.25, -0.2) is 0 Å². The summed E-state index contributed by atoms with van der Waals surface area (Å²) in [5.41, 5.74) is 9.60. The van der Waals surface area contributed by atoms with Gasteiger partial charge in [-0.1, -0.05) is 0 Å². The fourth-order valence-corrected chi connectivity index (χ4v) is 1.98. The first-order chi connectivity index (χ1) is 8.60. The second-order valence-corrected chi connectivity index (χ2v) is 4.90. The Balaban J connectivity index is 2.30. The summed E-state index contributed by atoms with van der Waals surface area (Å²) in [7, 11) is 1.65. The maximum atomic E-state index is 5.80. The molecular weight excluding hydrogens is 292 g/mol. The zero-order chi connectivity index (χ0) is 13.1. The van der Waals surface area contributed by atoms with Crippen LogP contribution in [0.1, 0.15) is 5.56 Å². The number of hydrogen-bond acceptors (Lipinski definition) is 3. The van der Waals surface area contributed by atoms with Crippen molar-refractivity contribution < 1.29 is 4.74 Å². The van der Waals surface area contributed by atoms with Crippen LogP contribution in [-0.4, -0.2) is 7.11 Å². The number of anilines is 3. The SMILES string of the molecule is COc1ccc(Br)c(Nc2ccc(N)c(C)c2)c1. The number of methoxy groups -OCH3 is 1. The molecule has 0 bridgehead atoms. The van der Waals surface area contributed by atoms with Crippen LogP contribution < -0.4 is 15.8 Å². The van der Waals surface area contributed by atoms with Gasteiger partial charge in [0.2, 0.25) is 0 Å². The molecule has 0 aliphatic carbocycles. The highest BCUT2D eigenvalue weighted by molar-refractivity contribution is 9.10. The first-order valence-electron chi connectivity index (χ1n) is 5.57. The quantitative estimate of drug-likeness (QED) is 0.840. The van der Waals surface area contributed by atoms with Gasteiger partial charge in [0.15, 0.2) is 0 Å². The van der Waals surface area contributed by atoms with Crippen LogP contribution in [0.15, 0.2) is 40.9 Å². The van der Waals surface area contributed by atoms with Crippen LogP contribution in [0.3, 0.4) is 0 Å². The average Bonchev–Trinajstić information content (AvgIpc) is 2.36. The summed E-state index contributed by atoms with van der Waals surface area (Å²) in [5, 5.41) is 3.33. The number of benzene rings is 2. The minimum absolute atomic E-state index is 0.797. The Kier molecular flexibility index (Phi) is 3.77. The molecule has 2 aromatic rings. The fourth-order valence-electron chi connectivity index (χ4n) is 1.64. The molecule has 3 N–H and O–H groups in total. The van der Waals surface area contributed by atoms with E-state index in [1.54, 1.807) is 7.11 Å². The van der Waals surface area contributed by atoms with E-state index in [9.17, 15) is 0 Å². The molecular formula is C14H15BrN2O. The molecule has 0 atom stereocenters. The number of ether oxygens (including phenoxy) is 1. The van der Waals surface area contributed by atoms with E-state index in [2.05, 4.69) is 21.2 Å². The van der Waals surface area contributed by atoms with Crippen molar-refractivity contribution in [3.05, 3.63) is 46.4 Å². The predicted octanol–water partition coefficient (Wildman–Crippen LogP) is 4.09. The molecule has 3 nitrogen and oxygen atoms in total. The number of aryl methyl sites for hydroxylation is 1. The Bertz CT molecular complexity index is 570. The van der Waals surface area contributed by atoms with Crippen molar-refractivity contribution in [1.82, 2.24) is 0 Å². The monoisotopic (exact) mass is 306 g/mol. The Hall–Kier alpha value is -1.68. The van der Waals surface area contributed by atoms with Gasteiger partial charge in [0.25, 0.3) is 0 Å². The van der Waals surface area contributed by atoms with Gasteiger partial charge in [-0.3, -0.25) is 0 Å². The van der Waals surface area contributed by atoms with Gasteiger partial charge < -0.3 is 15.8 Å². The highest BCUT2D eigenvalue weighted by atomic mass is 79.9. The van der Waals surface area contributed by atoms with Gasteiger partial charge in [0.05, 0.1) is 12.8 Å². The van der Waals surface area contributed by atoms with Crippen molar-refractivity contribution in [3.63, 3.8) is 0 Å². The van der Waals surface area contributed by atoms with Crippen LogP contribution in [-0.2, 0) is 0 Å². The first kappa shape index (κ1) is 12.8. The first-order valence-corrected chi connectivity index (χ1v) is 6.36. The van der Waals surface area contributed by atoms with E-state index in [1.165, 1.54) is 0 Å². The summed E-state index contributed by atoms with van der Waals surface area (Å²) in [6, 6.07) is 11.7. The van der Waals surface area contributed by atoms with Gasteiger partial charge in [-0.05, 0) is 58.7 Å². The van der Waals surface area contributed by atoms with E-state index in [1.807, 2.05) is 43.3 Å². The smallest absolute Gasteiger partial charge is 0.121 e. The molecule has 0 radical (unpaired) electrons. The van der Waals surface area contributed by atoms with E-state index in [4.69, 9.17) is 10.5 Å². The molecule has 2 rings (SSSR count). The summed E-state index contributed by atoms with van der Waals surface area (Å²) >= 11 is 3.51. The molecule has 0 amide bonds. The normalized spacial score (nSPS) is 10.2. The lowest BCUT2D eigenvalue weighted by Crippen LogP contribution is -1.95. The second-order valence-electron chi connectivity index (χ2n) is 4.04. The molecule has 0 aliphatic rings. The van der Waals surface area contributed by atoms with Crippen LogP contribution >= 0.6 is 15.9 Å². The Morgan fingerprint density at radius 2 is 1.94 bits per heavy atom. The Morgan fingerprint density at radius 1 is 1.17 bits per heavy atom. The zero-order valence-corrected chi connectivity index (χ0v) is 11.9. The summed E-state index contributed by atoms with van der Waals surface area (Å²) in [5.74, 6) is 0.813. The van der Waals surface area contributed by atoms with E-state index >= 15 is 0 Å². The van der Waals surface area contributed by atoms with Crippen LogP contribution in [0.5, 0.6) is 5.75 Å². The number of hydrogen-bond donors (Lipinski definition) is 2. The van der Waals surface area contributed by atoms with Crippen LogP contribution in [0, 0.1) is 6.92 Å². The topological polar surface area (TPSA) is 47.3 Å². The number of rotatable bonds is 3. The van der Waals surface area contributed by atoms with Gasteiger partial charge in [0, 0.05) is 21.9 Å². The molecule has 2 aromatic carbocycles.